The van der Waals surface area contributed by atoms with Crippen molar-refractivity contribution in [2.24, 2.45) is 11.8 Å². The first-order chi connectivity index (χ1) is 8.58. The molecule has 18 heavy (non-hydrogen) atoms. The van der Waals surface area contributed by atoms with E-state index in [1.807, 2.05) is 10.9 Å². The zero-order chi connectivity index (χ0) is 13.4. The van der Waals surface area contributed by atoms with Gasteiger partial charge in [-0.2, -0.15) is 5.10 Å². The second kappa shape index (κ2) is 8.27. The average Bonchev–Trinajstić information content (AvgIpc) is 2.72. The predicted molar refractivity (Wildman–Crippen MR) is 74.4 cm³/mol. The molecular weight excluding hydrogens is 226 g/mol. The molecule has 1 aromatic rings. The summed E-state index contributed by atoms with van der Waals surface area (Å²) in [4.78, 5) is 0. The second-order valence-corrected chi connectivity index (χ2v) is 5.56. The molecule has 0 fully saturated rings. The van der Waals surface area contributed by atoms with E-state index in [0.717, 1.165) is 38.5 Å². The molecule has 0 saturated carbocycles. The molecule has 0 radical (unpaired) electrons. The minimum absolute atomic E-state index is 0.596. The molecule has 0 atom stereocenters. The first-order valence-corrected chi connectivity index (χ1v) is 6.88. The van der Waals surface area contributed by atoms with Gasteiger partial charge in [0.05, 0.1) is 18.8 Å². The second-order valence-electron chi connectivity index (χ2n) is 5.56. The van der Waals surface area contributed by atoms with E-state index in [4.69, 9.17) is 4.74 Å². The topological polar surface area (TPSA) is 39.1 Å². The quantitative estimate of drug-likeness (QED) is 0.686. The van der Waals surface area contributed by atoms with Crippen molar-refractivity contribution in [3.63, 3.8) is 0 Å². The summed E-state index contributed by atoms with van der Waals surface area (Å²) in [7, 11) is 0. The monoisotopic (exact) mass is 253 g/mol. The maximum Gasteiger partial charge on any atom is 0.0762 e. The molecule has 0 bridgehead atoms. The van der Waals surface area contributed by atoms with E-state index in [1.54, 1.807) is 0 Å². The Hall–Kier alpha value is -0.870. The molecule has 1 aromatic heterocycles. The summed E-state index contributed by atoms with van der Waals surface area (Å²) < 4.78 is 7.50. The van der Waals surface area contributed by atoms with E-state index < -0.39 is 0 Å². The van der Waals surface area contributed by atoms with Gasteiger partial charge >= 0.3 is 0 Å². The highest BCUT2D eigenvalue weighted by atomic mass is 16.5. The van der Waals surface area contributed by atoms with Crippen molar-refractivity contribution in [1.29, 1.82) is 0 Å². The molecule has 1 rings (SSSR count). The first kappa shape index (κ1) is 15.2. The molecule has 1 heterocycles. The maximum atomic E-state index is 5.54. The lowest BCUT2D eigenvalue weighted by Crippen LogP contribution is -2.19. The van der Waals surface area contributed by atoms with Crippen molar-refractivity contribution in [3.8, 4) is 0 Å². The van der Waals surface area contributed by atoms with Crippen LogP contribution in [-0.2, 0) is 17.8 Å². The van der Waals surface area contributed by atoms with Crippen molar-refractivity contribution in [3.05, 3.63) is 18.0 Å². The molecule has 0 aliphatic carbocycles. The summed E-state index contributed by atoms with van der Waals surface area (Å²) in [6.07, 6.45) is 2.02. The van der Waals surface area contributed by atoms with Gasteiger partial charge in [0, 0.05) is 19.3 Å². The lowest BCUT2D eigenvalue weighted by molar-refractivity contribution is 0.101. The Morgan fingerprint density at radius 1 is 1.28 bits per heavy atom. The Balaban J connectivity index is 2.17. The Morgan fingerprint density at radius 2 is 2.06 bits per heavy atom. The van der Waals surface area contributed by atoms with Crippen LogP contribution in [0.15, 0.2) is 12.3 Å². The van der Waals surface area contributed by atoms with Gasteiger partial charge in [0.25, 0.3) is 0 Å². The summed E-state index contributed by atoms with van der Waals surface area (Å²) >= 11 is 0. The summed E-state index contributed by atoms with van der Waals surface area (Å²) in [5, 5.41) is 7.89. The fourth-order valence-corrected chi connectivity index (χ4v) is 1.59. The SMILES string of the molecule is CC(C)CNCc1ccn(CCOCC(C)C)n1. The Bertz CT molecular complexity index is 321. The van der Waals surface area contributed by atoms with Crippen LogP contribution < -0.4 is 5.32 Å². The highest BCUT2D eigenvalue weighted by Gasteiger charge is 2.00. The minimum Gasteiger partial charge on any atom is -0.379 e. The summed E-state index contributed by atoms with van der Waals surface area (Å²) in [6.45, 7) is 13.0. The Labute approximate surface area is 111 Å². The minimum atomic E-state index is 0.596. The van der Waals surface area contributed by atoms with Crippen LogP contribution in [0.1, 0.15) is 33.4 Å². The number of aromatic nitrogens is 2. The van der Waals surface area contributed by atoms with Gasteiger partial charge in [0.1, 0.15) is 0 Å². The number of hydrogen-bond acceptors (Lipinski definition) is 3. The lowest BCUT2D eigenvalue weighted by atomic mass is 10.2. The van der Waals surface area contributed by atoms with E-state index in [-0.39, 0.29) is 0 Å². The van der Waals surface area contributed by atoms with Crippen LogP contribution >= 0.6 is 0 Å². The highest BCUT2D eigenvalue weighted by Crippen LogP contribution is 1.98. The van der Waals surface area contributed by atoms with Gasteiger partial charge in [-0.1, -0.05) is 27.7 Å². The van der Waals surface area contributed by atoms with Gasteiger partial charge in [0.2, 0.25) is 0 Å². The van der Waals surface area contributed by atoms with Crippen LogP contribution in [-0.4, -0.2) is 29.5 Å². The fourth-order valence-electron chi connectivity index (χ4n) is 1.59. The van der Waals surface area contributed by atoms with E-state index in [2.05, 4.69) is 44.2 Å². The molecule has 0 unspecified atom stereocenters. The molecule has 0 saturated heterocycles. The van der Waals surface area contributed by atoms with Crippen molar-refractivity contribution in [1.82, 2.24) is 15.1 Å². The average molecular weight is 253 g/mol. The van der Waals surface area contributed by atoms with Crippen LogP contribution in [0, 0.1) is 11.8 Å². The molecule has 0 aromatic carbocycles. The number of nitrogens with zero attached hydrogens (tertiary/aromatic N) is 2. The molecule has 4 heteroatoms. The van der Waals surface area contributed by atoms with Crippen LogP contribution in [0.4, 0.5) is 0 Å². The zero-order valence-corrected chi connectivity index (χ0v) is 12.1. The predicted octanol–water partition coefficient (Wildman–Crippen LogP) is 2.30. The third-order valence-corrected chi connectivity index (χ3v) is 2.47. The van der Waals surface area contributed by atoms with Gasteiger partial charge < -0.3 is 10.1 Å². The van der Waals surface area contributed by atoms with E-state index in [1.165, 1.54) is 0 Å². The molecule has 4 nitrogen and oxygen atoms in total. The molecule has 1 N–H and O–H groups in total. The Kier molecular flexibility index (Phi) is 6.98. The highest BCUT2D eigenvalue weighted by molar-refractivity contribution is 4.98. The Morgan fingerprint density at radius 3 is 2.72 bits per heavy atom. The first-order valence-electron chi connectivity index (χ1n) is 6.88. The van der Waals surface area contributed by atoms with Gasteiger partial charge in [-0.25, -0.2) is 0 Å². The number of rotatable bonds is 9. The fraction of sp³-hybridized carbons (Fsp3) is 0.786. The van der Waals surface area contributed by atoms with Gasteiger partial charge in [-0.05, 0) is 24.4 Å². The smallest absolute Gasteiger partial charge is 0.0762 e. The summed E-state index contributed by atoms with van der Waals surface area (Å²) in [5.74, 6) is 1.27. The number of nitrogens with one attached hydrogen (secondary N) is 1. The summed E-state index contributed by atoms with van der Waals surface area (Å²) in [6, 6.07) is 2.07. The van der Waals surface area contributed by atoms with Crippen molar-refractivity contribution < 1.29 is 4.74 Å². The molecule has 104 valence electrons. The van der Waals surface area contributed by atoms with Gasteiger partial charge in [-0.15, -0.1) is 0 Å². The number of hydrogen-bond donors (Lipinski definition) is 1. The number of ether oxygens (including phenoxy) is 1. The molecule has 0 aliphatic heterocycles. The zero-order valence-electron chi connectivity index (χ0n) is 12.1. The largest absolute Gasteiger partial charge is 0.379 e. The van der Waals surface area contributed by atoms with Gasteiger partial charge in [0.15, 0.2) is 0 Å². The van der Waals surface area contributed by atoms with Crippen molar-refractivity contribution in [2.45, 2.75) is 40.8 Å². The lowest BCUT2D eigenvalue weighted by Gasteiger charge is -2.07. The third kappa shape index (κ3) is 6.77. The summed E-state index contributed by atoms with van der Waals surface area (Å²) in [5.41, 5.74) is 1.10. The molecule has 0 amide bonds. The third-order valence-electron chi connectivity index (χ3n) is 2.47. The van der Waals surface area contributed by atoms with Gasteiger partial charge in [-0.3, -0.25) is 4.68 Å². The molecule has 0 aliphatic rings. The van der Waals surface area contributed by atoms with Crippen LogP contribution in [0.25, 0.3) is 0 Å². The van der Waals surface area contributed by atoms with Crippen LogP contribution in [0.3, 0.4) is 0 Å². The maximum absolute atomic E-state index is 5.54. The van der Waals surface area contributed by atoms with E-state index >= 15 is 0 Å². The normalized spacial score (nSPS) is 11.7. The standard InChI is InChI=1S/C14H27N3O/c1-12(2)9-15-10-14-5-6-17(16-14)7-8-18-11-13(3)4/h5-6,12-13,15H,7-11H2,1-4H3. The van der Waals surface area contributed by atoms with Crippen molar-refractivity contribution in [2.75, 3.05) is 19.8 Å². The van der Waals surface area contributed by atoms with Crippen LogP contribution in [0.5, 0.6) is 0 Å². The van der Waals surface area contributed by atoms with E-state index in [0.29, 0.717) is 11.8 Å². The molecule has 0 spiro atoms. The van der Waals surface area contributed by atoms with E-state index in [9.17, 15) is 0 Å². The molecular formula is C14H27N3O. The van der Waals surface area contributed by atoms with Crippen molar-refractivity contribution >= 4 is 0 Å². The van der Waals surface area contributed by atoms with Crippen LogP contribution in [0.2, 0.25) is 0 Å².